The van der Waals surface area contributed by atoms with Gasteiger partial charge in [0.15, 0.2) is 0 Å². The minimum absolute atomic E-state index is 0.0854. The molecule has 5 rings (SSSR count). The van der Waals surface area contributed by atoms with E-state index in [1.807, 2.05) is 35.9 Å². The van der Waals surface area contributed by atoms with Gasteiger partial charge in [-0.2, -0.15) is 5.10 Å². The van der Waals surface area contributed by atoms with Crippen LogP contribution in [0.25, 0.3) is 0 Å². The summed E-state index contributed by atoms with van der Waals surface area (Å²) in [7, 11) is -4.14. The van der Waals surface area contributed by atoms with E-state index in [0.717, 1.165) is 22.4 Å². The number of carbonyl (C=O) groups excluding carboxylic acids is 1. The number of halogens is 2. The molecule has 1 unspecified atom stereocenters. The molecule has 1 atom stereocenters. The molecular formula is C29H24ClFN4O3S. The second kappa shape index (κ2) is 10.9. The van der Waals surface area contributed by atoms with Gasteiger partial charge in [-0.25, -0.2) is 22.3 Å². The molecule has 1 aliphatic rings. The number of urea groups is 1. The standard InChI is InChI=1S/C29H24ClFN4O3S/c1-19-2-4-20(5-3-19)27-18-28(21-6-10-23(31)11-7-21)35(33-27)25-14-16-26(17-15-25)39(37,38)34-29(36)32-24-12-8-22(30)9-13-24/h2-17,28H,18H2,1H3,(H2,32,34,36). The number of rotatable bonds is 6. The summed E-state index contributed by atoms with van der Waals surface area (Å²) in [5.74, 6) is -0.329. The fourth-order valence-electron chi connectivity index (χ4n) is 4.26. The van der Waals surface area contributed by atoms with Crippen LogP contribution in [0.3, 0.4) is 0 Å². The fourth-order valence-corrected chi connectivity index (χ4v) is 5.30. The van der Waals surface area contributed by atoms with Gasteiger partial charge in [0, 0.05) is 17.1 Å². The number of benzene rings is 4. The smallest absolute Gasteiger partial charge is 0.307 e. The molecule has 2 amide bonds. The van der Waals surface area contributed by atoms with Crippen LogP contribution in [0.1, 0.15) is 29.2 Å². The van der Waals surface area contributed by atoms with Crippen molar-refractivity contribution >= 4 is 44.7 Å². The first-order valence-corrected chi connectivity index (χ1v) is 13.9. The van der Waals surface area contributed by atoms with Crippen molar-refractivity contribution < 1.29 is 17.6 Å². The van der Waals surface area contributed by atoms with Gasteiger partial charge in [0.05, 0.1) is 22.3 Å². The average Bonchev–Trinajstić information content (AvgIpc) is 3.36. The summed E-state index contributed by atoms with van der Waals surface area (Å²) in [5, 5.41) is 9.61. The zero-order valence-electron chi connectivity index (χ0n) is 20.8. The molecule has 0 saturated carbocycles. The quantitative estimate of drug-likeness (QED) is 0.275. The Morgan fingerprint density at radius 2 is 1.56 bits per heavy atom. The van der Waals surface area contributed by atoms with Gasteiger partial charge in [0.25, 0.3) is 10.0 Å². The maximum atomic E-state index is 13.6. The highest BCUT2D eigenvalue weighted by molar-refractivity contribution is 7.90. The number of hydrogen-bond donors (Lipinski definition) is 2. The predicted octanol–water partition coefficient (Wildman–Crippen LogP) is 6.65. The molecule has 1 aliphatic heterocycles. The summed E-state index contributed by atoms with van der Waals surface area (Å²) >= 11 is 5.84. The highest BCUT2D eigenvalue weighted by atomic mass is 35.5. The lowest BCUT2D eigenvalue weighted by Crippen LogP contribution is -2.34. The molecule has 0 bridgehead atoms. The molecule has 4 aromatic rings. The molecular weight excluding hydrogens is 539 g/mol. The summed E-state index contributed by atoms with van der Waals surface area (Å²) < 4.78 is 41.3. The van der Waals surface area contributed by atoms with E-state index in [4.69, 9.17) is 16.7 Å². The normalized spacial score (nSPS) is 15.1. The summed E-state index contributed by atoms with van der Waals surface area (Å²) in [5.41, 5.74) is 4.89. The topological polar surface area (TPSA) is 90.9 Å². The summed E-state index contributed by atoms with van der Waals surface area (Å²) in [4.78, 5) is 12.2. The Hall–Kier alpha value is -4.21. The number of hydrazone groups is 1. The number of sulfonamides is 1. The lowest BCUT2D eigenvalue weighted by atomic mass is 9.98. The predicted molar refractivity (Wildman–Crippen MR) is 151 cm³/mol. The summed E-state index contributed by atoms with van der Waals surface area (Å²) in [6.07, 6.45) is 0.584. The Balaban J connectivity index is 1.38. The number of amides is 2. The van der Waals surface area contributed by atoms with Gasteiger partial charge in [-0.3, -0.25) is 5.01 Å². The third kappa shape index (κ3) is 6.10. The van der Waals surface area contributed by atoms with E-state index in [2.05, 4.69) is 5.32 Å². The van der Waals surface area contributed by atoms with Crippen molar-refractivity contribution in [1.29, 1.82) is 0 Å². The van der Waals surface area contributed by atoms with Gasteiger partial charge < -0.3 is 5.32 Å². The highest BCUT2D eigenvalue weighted by Crippen LogP contribution is 2.37. The first-order valence-electron chi connectivity index (χ1n) is 12.1. The second-order valence-electron chi connectivity index (χ2n) is 9.09. The molecule has 0 radical (unpaired) electrons. The van der Waals surface area contributed by atoms with Crippen molar-refractivity contribution in [1.82, 2.24) is 4.72 Å². The maximum absolute atomic E-state index is 13.6. The molecule has 0 aliphatic carbocycles. The first-order chi connectivity index (χ1) is 18.7. The van der Waals surface area contributed by atoms with Gasteiger partial charge in [0.2, 0.25) is 0 Å². The molecule has 0 aromatic heterocycles. The maximum Gasteiger partial charge on any atom is 0.333 e. The van der Waals surface area contributed by atoms with E-state index in [9.17, 15) is 17.6 Å². The van der Waals surface area contributed by atoms with Crippen LogP contribution in [0.2, 0.25) is 5.02 Å². The zero-order valence-corrected chi connectivity index (χ0v) is 22.4. The third-order valence-electron chi connectivity index (χ3n) is 6.29. The lowest BCUT2D eigenvalue weighted by molar-refractivity contribution is 0.256. The Bertz CT molecular complexity index is 1620. The molecule has 39 heavy (non-hydrogen) atoms. The molecule has 0 spiro atoms. The average molecular weight is 563 g/mol. The molecule has 10 heteroatoms. The number of carbonyl (C=O) groups is 1. The van der Waals surface area contributed by atoms with Gasteiger partial charge in [0.1, 0.15) is 5.82 Å². The van der Waals surface area contributed by atoms with Crippen LogP contribution >= 0.6 is 11.6 Å². The number of nitrogens with one attached hydrogen (secondary N) is 2. The van der Waals surface area contributed by atoms with Gasteiger partial charge in [-0.15, -0.1) is 0 Å². The largest absolute Gasteiger partial charge is 0.333 e. The van der Waals surface area contributed by atoms with Crippen LogP contribution in [0, 0.1) is 12.7 Å². The third-order valence-corrected chi connectivity index (χ3v) is 7.89. The van der Waals surface area contributed by atoms with Crippen molar-refractivity contribution in [2.75, 3.05) is 10.3 Å². The number of anilines is 2. The Morgan fingerprint density at radius 1 is 0.923 bits per heavy atom. The Labute approximate surface area is 231 Å². The molecule has 1 heterocycles. The Morgan fingerprint density at radius 3 is 2.21 bits per heavy atom. The molecule has 2 N–H and O–H groups in total. The van der Waals surface area contributed by atoms with Crippen molar-refractivity contribution in [3.63, 3.8) is 0 Å². The van der Waals surface area contributed by atoms with Crippen LogP contribution < -0.4 is 15.0 Å². The zero-order chi connectivity index (χ0) is 27.6. The molecule has 7 nitrogen and oxygen atoms in total. The minimum atomic E-state index is -4.14. The van der Waals surface area contributed by atoms with Crippen LogP contribution in [0.4, 0.5) is 20.6 Å². The molecule has 0 saturated heterocycles. The summed E-state index contributed by atoms with van der Waals surface area (Å²) in [6.45, 7) is 2.01. The van der Waals surface area contributed by atoms with E-state index in [-0.39, 0.29) is 16.8 Å². The lowest BCUT2D eigenvalue weighted by Gasteiger charge is -2.24. The van der Waals surface area contributed by atoms with Gasteiger partial charge >= 0.3 is 6.03 Å². The van der Waals surface area contributed by atoms with E-state index in [1.54, 1.807) is 53.5 Å². The van der Waals surface area contributed by atoms with E-state index in [0.29, 0.717) is 22.8 Å². The van der Waals surface area contributed by atoms with Crippen LogP contribution in [0.5, 0.6) is 0 Å². The van der Waals surface area contributed by atoms with Crippen LogP contribution in [-0.4, -0.2) is 20.2 Å². The van der Waals surface area contributed by atoms with Gasteiger partial charge in [-0.1, -0.05) is 53.6 Å². The summed E-state index contributed by atoms with van der Waals surface area (Å²) in [6, 6.07) is 25.6. The monoisotopic (exact) mass is 562 g/mol. The highest BCUT2D eigenvalue weighted by Gasteiger charge is 2.30. The number of nitrogens with zero attached hydrogens (tertiary/aromatic N) is 2. The van der Waals surface area contributed by atoms with E-state index >= 15 is 0 Å². The number of aryl methyl sites for hydroxylation is 1. The van der Waals surface area contributed by atoms with Crippen molar-refractivity contribution in [2.45, 2.75) is 24.3 Å². The fraction of sp³-hybridized carbons (Fsp3) is 0.103. The Kier molecular flexibility index (Phi) is 7.36. The van der Waals surface area contributed by atoms with Crippen LogP contribution in [-0.2, 0) is 10.0 Å². The molecule has 198 valence electrons. The van der Waals surface area contributed by atoms with E-state index < -0.39 is 16.1 Å². The number of hydrogen-bond acceptors (Lipinski definition) is 5. The SMILES string of the molecule is Cc1ccc(C2=NN(c3ccc(S(=O)(=O)NC(=O)Nc4ccc(Cl)cc4)cc3)C(c3ccc(F)cc3)C2)cc1. The molecule has 0 fully saturated rings. The van der Waals surface area contributed by atoms with Crippen molar-refractivity contribution in [3.05, 3.63) is 125 Å². The van der Waals surface area contributed by atoms with Crippen molar-refractivity contribution in [2.24, 2.45) is 5.10 Å². The van der Waals surface area contributed by atoms with Gasteiger partial charge in [-0.05, 0) is 78.7 Å². The van der Waals surface area contributed by atoms with Crippen LogP contribution in [0.15, 0.2) is 107 Å². The van der Waals surface area contributed by atoms with Crippen molar-refractivity contribution in [3.8, 4) is 0 Å². The molecule has 4 aromatic carbocycles. The second-order valence-corrected chi connectivity index (χ2v) is 11.2. The van der Waals surface area contributed by atoms with E-state index in [1.165, 1.54) is 24.3 Å². The first kappa shape index (κ1) is 26.4. The minimum Gasteiger partial charge on any atom is -0.307 e.